The largest absolute Gasteiger partial charge is 0.322 e. The van der Waals surface area contributed by atoms with Crippen molar-refractivity contribution in [2.75, 3.05) is 21.9 Å². The van der Waals surface area contributed by atoms with E-state index in [-0.39, 0.29) is 11.7 Å². The van der Waals surface area contributed by atoms with Crippen LogP contribution in [0.1, 0.15) is 16.8 Å². The Kier molecular flexibility index (Phi) is 4.71. The van der Waals surface area contributed by atoms with Crippen LogP contribution >= 0.6 is 0 Å². The van der Waals surface area contributed by atoms with E-state index in [1.807, 2.05) is 59.3 Å². The Bertz CT molecular complexity index is 1330. The van der Waals surface area contributed by atoms with Crippen LogP contribution in [0, 0.1) is 0 Å². The third-order valence-electron chi connectivity index (χ3n) is 5.32. The first-order valence-corrected chi connectivity index (χ1v) is 11.6. The lowest BCUT2D eigenvalue weighted by Gasteiger charge is -2.17. The van der Waals surface area contributed by atoms with Gasteiger partial charge in [0.25, 0.3) is 5.91 Å². The molecule has 2 aromatic carbocycles. The zero-order valence-corrected chi connectivity index (χ0v) is 17.4. The molecule has 0 spiro atoms. The maximum absolute atomic E-state index is 12.6. The van der Waals surface area contributed by atoms with Crippen molar-refractivity contribution in [3.63, 3.8) is 0 Å². The zero-order chi connectivity index (χ0) is 21.4. The second-order valence-electron chi connectivity index (χ2n) is 7.41. The molecule has 1 N–H and O–H groups in total. The van der Waals surface area contributed by atoms with E-state index < -0.39 is 10.0 Å². The molecule has 7 nitrogen and oxygen atoms in total. The number of fused-ring (bicyclic) bond motifs is 1. The quantitative estimate of drug-likeness (QED) is 0.532. The van der Waals surface area contributed by atoms with Gasteiger partial charge in [-0.15, -0.1) is 0 Å². The number of sulfonamides is 1. The van der Waals surface area contributed by atoms with Crippen molar-refractivity contribution in [2.45, 2.75) is 6.42 Å². The van der Waals surface area contributed by atoms with Crippen LogP contribution in [0.2, 0.25) is 0 Å². The van der Waals surface area contributed by atoms with Crippen molar-refractivity contribution in [3.05, 3.63) is 84.7 Å². The maximum atomic E-state index is 12.6. The number of imidazole rings is 1. The summed E-state index contributed by atoms with van der Waals surface area (Å²) in [6.07, 6.45) is 4.53. The second kappa shape index (κ2) is 7.55. The molecule has 0 aliphatic carbocycles. The minimum absolute atomic E-state index is 0.167. The van der Waals surface area contributed by atoms with Gasteiger partial charge in [0, 0.05) is 35.8 Å². The molecule has 31 heavy (non-hydrogen) atoms. The minimum atomic E-state index is -3.23. The molecule has 2 aromatic heterocycles. The van der Waals surface area contributed by atoms with Gasteiger partial charge in [-0.3, -0.25) is 9.10 Å². The molecule has 0 atom stereocenters. The highest BCUT2D eigenvalue weighted by Crippen LogP contribution is 2.25. The first-order chi connectivity index (χ1) is 15.0. The number of anilines is 2. The van der Waals surface area contributed by atoms with Crippen LogP contribution in [-0.2, 0) is 10.0 Å². The molecule has 0 bridgehead atoms. The van der Waals surface area contributed by atoms with Crippen LogP contribution in [-0.4, -0.2) is 36.0 Å². The Balaban J connectivity index is 1.29. The molecule has 1 saturated heterocycles. The van der Waals surface area contributed by atoms with E-state index in [0.717, 1.165) is 16.9 Å². The molecule has 0 saturated carbocycles. The van der Waals surface area contributed by atoms with Gasteiger partial charge < -0.3 is 9.72 Å². The van der Waals surface area contributed by atoms with E-state index in [9.17, 15) is 13.2 Å². The molecule has 1 amide bonds. The number of hydrogen-bond donors (Lipinski definition) is 1. The van der Waals surface area contributed by atoms with E-state index in [1.54, 1.807) is 24.3 Å². The number of nitrogens with zero attached hydrogens (tertiary/aromatic N) is 3. The lowest BCUT2D eigenvalue weighted by Crippen LogP contribution is -2.25. The Morgan fingerprint density at radius 2 is 1.74 bits per heavy atom. The van der Waals surface area contributed by atoms with E-state index in [1.165, 1.54) is 4.31 Å². The second-order valence-corrected chi connectivity index (χ2v) is 9.43. The third-order valence-corrected chi connectivity index (χ3v) is 7.19. The topological polar surface area (TPSA) is 83.8 Å². The molecule has 0 radical (unpaired) electrons. The lowest BCUT2D eigenvalue weighted by molar-refractivity contribution is 0.102. The summed E-state index contributed by atoms with van der Waals surface area (Å²) in [4.78, 5) is 17.2. The summed E-state index contributed by atoms with van der Waals surface area (Å²) in [5, 5.41) is 2.87. The predicted molar refractivity (Wildman–Crippen MR) is 121 cm³/mol. The monoisotopic (exact) mass is 432 g/mol. The van der Waals surface area contributed by atoms with Gasteiger partial charge in [0.15, 0.2) is 0 Å². The first kappa shape index (κ1) is 19.3. The fraction of sp³-hybridized carbons (Fsp3) is 0.130. The summed E-state index contributed by atoms with van der Waals surface area (Å²) in [7, 11) is -3.23. The van der Waals surface area contributed by atoms with Crippen molar-refractivity contribution >= 4 is 33.0 Å². The van der Waals surface area contributed by atoms with Crippen molar-refractivity contribution in [2.24, 2.45) is 0 Å². The highest BCUT2D eigenvalue weighted by atomic mass is 32.2. The molecule has 1 aliphatic heterocycles. The predicted octanol–water partition coefficient (Wildman–Crippen LogP) is 3.79. The number of carbonyl (C=O) groups is 1. The molecule has 156 valence electrons. The average Bonchev–Trinajstić information content (AvgIpc) is 3.37. The number of carbonyl (C=O) groups excluding carboxylic acids is 1. The molecule has 1 fully saturated rings. The molecular formula is C23H20N4O3S. The summed E-state index contributed by atoms with van der Waals surface area (Å²) < 4.78 is 27.4. The van der Waals surface area contributed by atoms with Crippen molar-refractivity contribution in [1.82, 2.24) is 9.38 Å². The van der Waals surface area contributed by atoms with Gasteiger partial charge in [-0.25, -0.2) is 13.4 Å². The average molecular weight is 433 g/mol. The standard InChI is InChI=1S/C23H20N4O3S/c28-23(18-7-11-20(12-8-18)27-14-3-15-31(27,29)30)24-19-9-5-17(6-10-19)21-16-26-13-2-1-4-22(26)25-21/h1-2,4-13,16H,3,14-15H2,(H,24,28). The number of nitrogens with one attached hydrogen (secondary N) is 1. The number of rotatable bonds is 4. The summed E-state index contributed by atoms with van der Waals surface area (Å²) in [6.45, 7) is 0.479. The lowest BCUT2D eigenvalue weighted by atomic mass is 10.1. The summed E-state index contributed by atoms with van der Waals surface area (Å²) in [6, 6.07) is 20.0. The Morgan fingerprint density at radius 3 is 2.42 bits per heavy atom. The molecule has 1 aliphatic rings. The van der Waals surface area contributed by atoms with E-state index in [4.69, 9.17) is 0 Å². The van der Waals surface area contributed by atoms with Crippen LogP contribution in [0.3, 0.4) is 0 Å². The normalized spacial score (nSPS) is 15.3. The third kappa shape index (κ3) is 3.77. The SMILES string of the molecule is O=C(Nc1ccc(-c2cn3ccccc3n2)cc1)c1ccc(N2CCCS2(=O)=O)cc1. The van der Waals surface area contributed by atoms with Crippen LogP contribution < -0.4 is 9.62 Å². The van der Waals surface area contributed by atoms with Crippen molar-refractivity contribution in [1.29, 1.82) is 0 Å². The van der Waals surface area contributed by atoms with Crippen LogP contribution in [0.25, 0.3) is 16.9 Å². The fourth-order valence-electron chi connectivity index (χ4n) is 3.71. The number of amides is 1. The highest BCUT2D eigenvalue weighted by molar-refractivity contribution is 7.93. The Labute approximate surface area is 180 Å². The smallest absolute Gasteiger partial charge is 0.255 e. The van der Waals surface area contributed by atoms with E-state index >= 15 is 0 Å². The van der Waals surface area contributed by atoms with Crippen molar-refractivity contribution < 1.29 is 13.2 Å². The van der Waals surface area contributed by atoms with E-state index in [2.05, 4.69) is 10.3 Å². The molecule has 5 rings (SSSR count). The molecule has 8 heteroatoms. The number of pyridine rings is 1. The number of aromatic nitrogens is 2. The zero-order valence-electron chi connectivity index (χ0n) is 16.6. The maximum Gasteiger partial charge on any atom is 0.255 e. The van der Waals surface area contributed by atoms with Crippen LogP contribution in [0.5, 0.6) is 0 Å². The molecular weight excluding hydrogens is 412 g/mol. The first-order valence-electron chi connectivity index (χ1n) is 9.96. The number of hydrogen-bond acceptors (Lipinski definition) is 4. The van der Waals surface area contributed by atoms with Gasteiger partial charge >= 0.3 is 0 Å². The highest BCUT2D eigenvalue weighted by Gasteiger charge is 2.28. The number of benzene rings is 2. The summed E-state index contributed by atoms with van der Waals surface area (Å²) in [5.74, 6) is -0.0866. The van der Waals surface area contributed by atoms with Crippen LogP contribution in [0.4, 0.5) is 11.4 Å². The van der Waals surface area contributed by atoms with Crippen molar-refractivity contribution in [3.8, 4) is 11.3 Å². The summed E-state index contributed by atoms with van der Waals surface area (Å²) in [5.41, 5.74) is 4.41. The fourth-order valence-corrected chi connectivity index (χ4v) is 5.27. The molecule has 0 unspecified atom stereocenters. The van der Waals surface area contributed by atoms with Crippen LogP contribution in [0.15, 0.2) is 79.1 Å². The van der Waals surface area contributed by atoms with Gasteiger partial charge in [0.05, 0.1) is 17.1 Å². The summed E-state index contributed by atoms with van der Waals surface area (Å²) >= 11 is 0. The van der Waals surface area contributed by atoms with Gasteiger partial charge in [-0.1, -0.05) is 18.2 Å². The van der Waals surface area contributed by atoms with Gasteiger partial charge in [-0.05, 0) is 55.0 Å². The van der Waals surface area contributed by atoms with Gasteiger partial charge in [-0.2, -0.15) is 0 Å². The minimum Gasteiger partial charge on any atom is -0.322 e. The molecule has 3 heterocycles. The van der Waals surface area contributed by atoms with Gasteiger partial charge in [0.2, 0.25) is 10.0 Å². The Hall–Kier alpha value is -3.65. The Morgan fingerprint density at radius 1 is 0.968 bits per heavy atom. The molecule has 4 aromatic rings. The van der Waals surface area contributed by atoms with E-state index in [0.29, 0.717) is 29.9 Å². The van der Waals surface area contributed by atoms with Gasteiger partial charge in [0.1, 0.15) is 5.65 Å².